The molecule has 12 nitrogen and oxygen atoms in total. The Hall–Kier alpha value is -6.76. The SMILES string of the molecule is Cc1nccc(Oc2ccc(C[C@H](NC(=O)[C@@H]3Cc4cc5c(cc4CN3C(=O)OCc3ccccc3)O[C@@H](c3ccc(OCc4ccc(Cl)c(Cl)c4)cc3)CO5)C(=O)O)cc2)c1C. The molecule has 322 valence electrons. The van der Waals surface area contributed by atoms with E-state index in [0.29, 0.717) is 51.0 Å². The molecule has 0 saturated heterocycles. The number of hydrogen-bond acceptors (Lipinski definition) is 9. The van der Waals surface area contributed by atoms with Crippen LogP contribution in [0.3, 0.4) is 0 Å². The molecule has 8 rings (SSSR count). The number of rotatable bonds is 13. The highest BCUT2D eigenvalue weighted by molar-refractivity contribution is 6.42. The summed E-state index contributed by atoms with van der Waals surface area (Å²) in [5.74, 6) is 1.03. The number of amides is 2. The van der Waals surface area contributed by atoms with Crippen molar-refractivity contribution in [3.8, 4) is 28.7 Å². The van der Waals surface area contributed by atoms with Gasteiger partial charge >= 0.3 is 12.1 Å². The number of halogens is 2. The van der Waals surface area contributed by atoms with Gasteiger partial charge in [-0.25, -0.2) is 9.59 Å². The highest BCUT2D eigenvalue weighted by atomic mass is 35.5. The molecular weight excluding hydrogens is 845 g/mol. The fraction of sp³-hybridized carbons (Fsp3) is 0.224. The van der Waals surface area contributed by atoms with E-state index in [1.165, 1.54) is 4.90 Å². The minimum absolute atomic E-state index is 0.00287. The van der Waals surface area contributed by atoms with Crippen LogP contribution in [0.25, 0.3) is 0 Å². The first-order valence-corrected chi connectivity index (χ1v) is 21.0. The summed E-state index contributed by atoms with van der Waals surface area (Å²) in [5, 5.41) is 13.9. The Kier molecular flexibility index (Phi) is 13.0. The van der Waals surface area contributed by atoms with Crippen LogP contribution in [0.2, 0.25) is 10.0 Å². The van der Waals surface area contributed by atoms with Crippen LogP contribution in [0.5, 0.6) is 28.7 Å². The fourth-order valence-electron chi connectivity index (χ4n) is 7.37. The molecule has 5 aromatic carbocycles. The average Bonchev–Trinajstić information content (AvgIpc) is 3.29. The third-order valence-corrected chi connectivity index (χ3v) is 11.8. The van der Waals surface area contributed by atoms with Crippen molar-refractivity contribution in [1.29, 1.82) is 0 Å². The predicted molar refractivity (Wildman–Crippen MR) is 236 cm³/mol. The van der Waals surface area contributed by atoms with E-state index in [9.17, 15) is 19.5 Å². The number of ether oxygens (including phenoxy) is 5. The zero-order valence-electron chi connectivity index (χ0n) is 34.4. The molecule has 3 atom stereocenters. The number of pyridine rings is 1. The lowest BCUT2D eigenvalue weighted by Gasteiger charge is -2.37. The van der Waals surface area contributed by atoms with Crippen molar-refractivity contribution in [3.63, 3.8) is 0 Å². The topological polar surface area (TPSA) is 146 Å². The molecule has 0 unspecified atom stereocenters. The number of carboxylic acid groups (broad SMARTS) is 1. The van der Waals surface area contributed by atoms with Gasteiger partial charge in [-0.2, -0.15) is 0 Å². The Balaban J connectivity index is 0.962. The summed E-state index contributed by atoms with van der Waals surface area (Å²) in [6, 6.07) is 32.1. The molecule has 6 aromatic rings. The van der Waals surface area contributed by atoms with Gasteiger partial charge in [0, 0.05) is 30.3 Å². The molecule has 63 heavy (non-hydrogen) atoms. The van der Waals surface area contributed by atoms with Crippen LogP contribution >= 0.6 is 23.2 Å². The Morgan fingerprint density at radius 1 is 0.825 bits per heavy atom. The van der Waals surface area contributed by atoms with E-state index in [1.54, 1.807) is 48.7 Å². The Morgan fingerprint density at radius 3 is 2.30 bits per heavy atom. The van der Waals surface area contributed by atoms with Gasteiger partial charge < -0.3 is 34.1 Å². The van der Waals surface area contributed by atoms with Gasteiger partial charge in [0.25, 0.3) is 0 Å². The zero-order chi connectivity index (χ0) is 44.0. The van der Waals surface area contributed by atoms with Crippen molar-refractivity contribution in [3.05, 3.63) is 176 Å². The molecule has 0 saturated carbocycles. The minimum Gasteiger partial charge on any atom is -0.489 e. The summed E-state index contributed by atoms with van der Waals surface area (Å²) in [5.41, 5.74) is 6.45. The summed E-state index contributed by atoms with van der Waals surface area (Å²) in [6.45, 7) is 4.36. The number of hydrogen-bond donors (Lipinski definition) is 2. The molecule has 0 bridgehead atoms. The van der Waals surface area contributed by atoms with Crippen molar-refractivity contribution < 1.29 is 43.2 Å². The zero-order valence-corrected chi connectivity index (χ0v) is 35.9. The molecule has 2 N–H and O–H groups in total. The van der Waals surface area contributed by atoms with Crippen LogP contribution in [0, 0.1) is 13.8 Å². The second-order valence-corrected chi connectivity index (χ2v) is 16.2. The van der Waals surface area contributed by atoms with Gasteiger partial charge in [-0.3, -0.25) is 14.7 Å². The first-order chi connectivity index (χ1) is 30.5. The number of carbonyl (C=O) groups excluding carboxylic acids is 2. The first-order valence-electron chi connectivity index (χ1n) is 20.3. The van der Waals surface area contributed by atoms with E-state index < -0.39 is 36.2 Å². The molecule has 0 aliphatic carbocycles. The largest absolute Gasteiger partial charge is 0.489 e. The molecule has 14 heteroatoms. The summed E-state index contributed by atoms with van der Waals surface area (Å²) >= 11 is 12.2. The number of aliphatic carboxylic acids is 1. The van der Waals surface area contributed by atoms with E-state index in [4.69, 9.17) is 46.9 Å². The number of carboxylic acids is 1. The van der Waals surface area contributed by atoms with E-state index in [-0.39, 0.29) is 32.6 Å². The maximum absolute atomic E-state index is 14.1. The highest BCUT2D eigenvalue weighted by Crippen LogP contribution is 2.41. The van der Waals surface area contributed by atoms with Crippen LogP contribution in [-0.2, 0) is 46.9 Å². The molecule has 1 aromatic heterocycles. The van der Waals surface area contributed by atoms with Crippen molar-refractivity contribution in [2.24, 2.45) is 0 Å². The number of aryl methyl sites for hydroxylation is 1. The molecular formula is C49H43Cl2N3O9. The van der Waals surface area contributed by atoms with Gasteiger partial charge in [-0.15, -0.1) is 0 Å². The van der Waals surface area contributed by atoms with Crippen LogP contribution in [0.1, 0.15) is 50.7 Å². The van der Waals surface area contributed by atoms with Crippen molar-refractivity contribution in [2.75, 3.05) is 6.61 Å². The molecule has 2 amide bonds. The number of nitrogens with zero attached hydrogens (tertiary/aromatic N) is 2. The summed E-state index contributed by atoms with van der Waals surface area (Å²) in [4.78, 5) is 46.2. The third kappa shape index (κ3) is 10.3. The number of benzene rings is 5. The number of nitrogens with one attached hydrogen (secondary N) is 1. The van der Waals surface area contributed by atoms with Gasteiger partial charge in [-0.05, 0) is 102 Å². The van der Waals surface area contributed by atoms with Crippen molar-refractivity contribution in [1.82, 2.24) is 15.2 Å². The predicted octanol–water partition coefficient (Wildman–Crippen LogP) is 9.76. The summed E-state index contributed by atoms with van der Waals surface area (Å²) in [7, 11) is 0. The van der Waals surface area contributed by atoms with E-state index in [1.807, 2.05) is 86.6 Å². The highest BCUT2D eigenvalue weighted by Gasteiger charge is 2.39. The standard InChI is InChI=1S/C49H43Cl2N3O9/c1-29-30(2)52-19-18-43(29)62-38-13-8-31(9-14-38)21-41(48(56)57)53-47(55)42-22-35-23-44-45(24-36(35)25-54(42)49(58)61-26-32-6-4-3-5-7-32)63-46(28-60-44)34-11-15-37(16-12-34)59-27-33-10-17-39(50)40(51)20-33/h3-20,23-24,41-42,46H,21-22,25-28H2,1-2H3,(H,53,55)(H,56,57)/t41-,42-,46+/m0/s1. The van der Waals surface area contributed by atoms with E-state index in [2.05, 4.69) is 10.3 Å². The molecule has 0 fully saturated rings. The second-order valence-electron chi connectivity index (χ2n) is 15.3. The molecule has 0 radical (unpaired) electrons. The lowest BCUT2D eigenvalue weighted by molar-refractivity contribution is -0.142. The Bertz CT molecular complexity index is 2630. The van der Waals surface area contributed by atoms with E-state index >= 15 is 0 Å². The third-order valence-electron chi connectivity index (χ3n) is 11.1. The van der Waals surface area contributed by atoms with Crippen molar-refractivity contribution in [2.45, 2.75) is 64.6 Å². The lowest BCUT2D eigenvalue weighted by atomic mass is 9.92. The average molecular weight is 889 g/mol. The maximum Gasteiger partial charge on any atom is 0.411 e. The van der Waals surface area contributed by atoms with Crippen LogP contribution in [0.15, 0.2) is 121 Å². The molecule has 0 spiro atoms. The normalized spacial score (nSPS) is 15.7. The Morgan fingerprint density at radius 2 is 1.56 bits per heavy atom. The molecule has 3 heterocycles. The molecule has 2 aliphatic heterocycles. The van der Waals surface area contributed by atoms with Crippen LogP contribution in [-0.4, -0.2) is 51.7 Å². The minimum atomic E-state index is -1.29. The number of aromatic nitrogens is 1. The Labute approximate surface area is 374 Å². The number of fused-ring (bicyclic) bond motifs is 2. The second kappa shape index (κ2) is 19.1. The summed E-state index contributed by atoms with van der Waals surface area (Å²) in [6.07, 6.45) is 0.595. The van der Waals surface area contributed by atoms with Crippen LogP contribution in [0.4, 0.5) is 4.79 Å². The van der Waals surface area contributed by atoms with Gasteiger partial charge in [-0.1, -0.05) is 83.9 Å². The fourth-order valence-corrected chi connectivity index (χ4v) is 7.69. The van der Waals surface area contributed by atoms with Gasteiger partial charge in [0.05, 0.1) is 16.6 Å². The van der Waals surface area contributed by atoms with Crippen LogP contribution < -0.4 is 24.3 Å². The van der Waals surface area contributed by atoms with Gasteiger partial charge in [0.15, 0.2) is 17.6 Å². The first kappa shape index (κ1) is 42.9. The maximum atomic E-state index is 14.1. The van der Waals surface area contributed by atoms with Crippen molar-refractivity contribution >= 4 is 41.2 Å². The van der Waals surface area contributed by atoms with Gasteiger partial charge in [0.1, 0.15) is 49.2 Å². The summed E-state index contributed by atoms with van der Waals surface area (Å²) < 4.78 is 30.4. The monoisotopic (exact) mass is 887 g/mol. The smallest absolute Gasteiger partial charge is 0.411 e. The van der Waals surface area contributed by atoms with E-state index in [0.717, 1.165) is 39.1 Å². The van der Waals surface area contributed by atoms with Gasteiger partial charge in [0.2, 0.25) is 5.91 Å². The lowest BCUT2D eigenvalue weighted by Crippen LogP contribution is -2.56. The molecule has 2 aliphatic rings. The quantitative estimate of drug-likeness (QED) is 0.115. The number of carbonyl (C=O) groups is 3.